The molecule has 1 aliphatic heterocycles. The largest absolute Gasteiger partial charge is 0.493 e. The molecular weight excluding hydrogens is 314 g/mol. The van der Waals surface area contributed by atoms with Gasteiger partial charge in [-0.2, -0.15) is 0 Å². The van der Waals surface area contributed by atoms with Gasteiger partial charge in [0.25, 0.3) is 5.91 Å². The fourth-order valence-corrected chi connectivity index (χ4v) is 3.61. The molecule has 2 heterocycles. The molecule has 0 aliphatic carbocycles. The van der Waals surface area contributed by atoms with Gasteiger partial charge in [-0.1, -0.05) is 0 Å². The lowest BCUT2D eigenvalue weighted by Gasteiger charge is -2.20. The third-order valence-corrected chi connectivity index (χ3v) is 4.79. The average Bonchev–Trinajstić information content (AvgIpc) is 2.95. The molecule has 0 fully saturated rings. The summed E-state index contributed by atoms with van der Waals surface area (Å²) in [6, 6.07) is 5.09. The van der Waals surface area contributed by atoms with E-state index in [-0.39, 0.29) is 5.91 Å². The molecule has 122 valence electrons. The number of nitrogens with one attached hydrogen (secondary N) is 1. The molecule has 23 heavy (non-hydrogen) atoms. The molecule has 0 spiro atoms. The highest BCUT2D eigenvalue weighted by molar-refractivity contribution is 7.15. The van der Waals surface area contributed by atoms with Crippen LogP contribution in [0.2, 0.25) is 0 Å². The monoisotopic (exact) mass is 333 g/mol. The van der Waals surface area contributed by atoms with Crippen molar-refractivity contribution < 1.29 is 14.3 Å². The van der Waals surface area contributed by atoms with E-state index in [1.165, 1.54) is 16.2 Å². The SMILES string of the molecule is COc1ccc(C(=O)Nc2nc3c(s2)CN(C)CC3)cc1OC. The first-order chi connectivity index (χ1) is 11.1. The van der Waals surface area contributed by atoms with Crippen molar-refractivity contribution >= 4 is 22.4 Å². The highest BCUT2D eigenvalue weighted by atomic mass is 32.1. The number of benzene rings is 1. The Labute approximate surface area is 139 Å². The van der Waals surface area contributed by atoms with E-state index in [4.69, 9.17) is 9.47 Å². The van der Waals surface area contributed by atoms with Crippen molar-refractivity contribution in [1.82, 2.24) is 9.88 Å². The molecular formula is C16H19N3O3S. The molecule has 1 amide bonds. The van der Waals surface area contributed by atoms with Crippen molar-refractivity contribution in [3.63, 3.8) is 0 Å². The number of hydrogen-bond donors (Lipinski definition) is 1. The standard InChI is InChI=1S/C16H19N3O3S/c1-19-7-6-11-14(9-19)23-16(17-11)18-15(20)10-4-5-12(21-2)13(8-10)22-3/h4-5,8H,6-7,9H2,1-3H3,(H,17,18,20). The molecule has 3 rings (SSSR count). The summed E-state index contributed by atoms with van der Waals surface area (Å²) < 4.78 is 10.4. The minimum Gasteiger partial charge on any atom is -0.493 e. The molecule has 1 N–H and O–H groups in total. The number of carbonyl (C=O) groups is 1. The number of ether oxygens (including phenoxy) is 2. The predicted molar refractivity (Wildman–Crippen MR) is 89.7 cm³/mol. The highest BCUT2D eigenvalue weighted by Crippen LogP contribution is 2.30. The number of rotatable bonds is 4. The first-order valence-electron chi connectivity index (χ1n) is 7.31. The van der Waals surface area contributed by atoms with Gasteiger partial charge in [-0.25, -0.2) is 4.98 Å². The third kappa shape index (κ3) is 3.30. The average molecular weight is 333 g/mol. The Kier molecular flexibility index (Phi) is 4.49. The van der Waals surface area contributed by atoms with Crippen LogP contribution in [0.5, 0.6) is 11.5 Å². The van der Waals surface area contributed by atoms with Gasteiger partial charge in [0, 0.05) is 30.0 Å². The number of likely N-dealkylation sites (N-methyl/N-ethyl adjacent to an activating group) is 1. The number of nitrogens with zero attached hydrogens (tertiary/aromatic N) is 2. The first-order valence-corrected chi connectivity index (χ1v) is 8.13. The van der Waals surface area contributed by atoms with Crippen molar-refractivity contribution in [1.29, 1.82) is 0 Å². The molecule has 0 bridgehead atoms. The summed E-state index contributed by atoms with van der Waals surface area (Å²) in [6.45, 7) is 1.89. The number of thiazole rings is 1. The van der Waals surface area contributed by atoms with Crippen LogP contribution in [-0.2, 0) is 13.0 Å². The van der Waals surface area contributed by atoms with E-state index in [0.29, 0.717) is 22.2 Å². The number of hydrogen-bond acceptors (Lipinski definition) is 6. The first kappa shape index (κ1) is 15.8. The Morgan fingerprint density at radius 1 is 1.30 bits per heavy atom. The van der Waals surface area contributed by atoms with Crippen LogP contribution >= 0.6 is 11.3 Å². The lowest BCUT2D eigenvalue weighted by atomic mass is 10.2. The van der Waals surface area contributed by atoms with Crippen molar-refractivity contribution in [3.05, 3.63) is 34.3 Å². The summed E-state index contributed by atoms with van der Waals surface area (Å²) in [7, 11) is 5.20. The normalized spacial score (nSPS) is 14.2. The van der Waals surface area contributed by atoms with Crippen LogP contribution in [-0.4, -0.2) is 43.6 Å². The highest BCUT2D eigenvalue weighted by Gasteiger charge is 2.19. The van der Waals surface area contributed by atoms with Crippen LogP contribution in [0.4, 0.5) is 5.13 Å². The van der Waals surface area contributed by atoms with E-state index in [0.717, 1.165) is 25.2 Å². The maximum absolute atomic E-state index is 12.4. The zero-order chi connectivity index (χ0) is 16.4. The Morgan fingerprint density at radius 2 is 2.09 bits per heavy atom. The molecule has 2 aromatic rings. The van der Waals surface area contributed by atoms with Gasteiger partial charge in [-0.05, 0) is 25.2 Å². The van der Waals surface area contributed by atoms with E-state index in [1.807, 2.05) is 0 Å². The molecule has 1 aromatic carbocycles. The molecule has 1 aliphatic rings. The quantitative estimate of drug-likeness (QED) is 0.931. The zero-order valence-corrected chi connectivity index (χ0v) is 14.2. The number of methoxy groups -OCH3 is 2. The van der Waals surface area contributed by atoms with Gasteiger partial charge in [0.15, 0.2) is 16.6 Å². The third-order valence-electron chi connectivity index (χ3n) is 3.79. The van der Waals surface area contributed by atoms with Gasteiger partial charge >= 0.3 is 0 Å². The van der Waals surface area contributed by atoms with Gasteiger partial charge in [0.2, 0.25) is 0 Å². The minimum atomic E-state index is -0.203. The van der Waals surface area contributed by atoms with Crippen LogP contribution in [0.15, 0.2) is 18.2 Å². The van der Waals surface area contributed by atoms with Gasteiger partial charge in [-0.3, -0.25) is 10.1 Å². The van der Waals surface area contributed by atoms with Crippen molar-refractivity contribution in [2.24, 2.45) is 0 Å². The number of carbonyl (C=O) groups excluding carboxylic acids is 1. The second-order valence-electron chi connectivity index (χ2n) is 5.40. The number of aromatic nitrogens is 1. The topological polar surface area (TPSA) is 63.7 Å². The lowest BCUT2D eigenvalue weighted by Crippen LogP contribution is -2.25. The van der Waals surface area contributed by atoms with Crippen molar-refractivity contribution in [2.75, 3.05) is 33.1 Å². The van der Waals surface area contributed by atoms with Crippen LogP contribution in [0.25, 0.3) is 0 Å². The van der Waals surface area contributed by atoms with Gasteiger partial charge < -0.3 is 14.4 Å². The van der Waals surface area contributed by atoms with E-state index >= 15 is 0 Å². The summed E-state index contributed by atoms with van der Waals surface area (Å²) in [6.07, 6.45) is 0.925. The fourth-order valence-electron chi connectivity index (χ4n) is 2.52. The minimum absolute atomic E-state index is 0.203. The lowest BCUT2D eigenvalue weighted by molar-refractivity contribution is 0.102. The zero-order valence-electron chi connectivity index (χ0n) is 13.4. The van der Waals surface area contributed by atoms with Gasteiger partial charge in [-0.15, -0.1) is 11.3 Å². The van der Waals surface area contributed by atoms with E-state index in [2.05, 4.69) is 22.2 Å². The van der Waals surface area contributed by atoms with E-state index in [1.54, 1.807) is 32.4 Å². The number of fused-ring (bicyclic) bond motifs is 1. The molecule has 0 unspecified atom stereocenters. The summed E-state index contributed by atoms with van der Waals surface area (Å²) in [4.78, 5) is 20.4. The maximum atomic E-state index is 12.4. The van der Waals surface area contributed by atoms with Crippen LogP contribution in [0, 0.1) is 0 Å². The Bertz CT molecular complexity index is 729. The predicted octanol–water partition coefficient (Wildman–Crippen LogP) is 2.40. The van der Waals surface area contributed by atoms with Crippen molar-refractivity contribution in [2.45, 2.75) is 13.0 Å². The Morgan fingerprint density at radius 3 is 2.83 bits per heavy atom. The fraction of sp³-hybridized carbons (Fsp3) is 0.375. The summed E-state index contributed by atoms with van der Waals surface area (Å²) in [5, 5.41) is 3.52. The van der Waals surface area contributed by atoms with Crippen LogP contribution in [0.3, 0.4) is 0 Å². The summed E-state index contributed by atoms with van der Waals surface area (Å²) >= 11 is 1.54. The van der Waals surface area contributed by atoms with E-state index < -0.39 is 0 Å². The Balaban J connectivity index is 1.77. The maximum Gasteiger partial charge on any atom is 0.257 e. The van der Waals surface area contributed by atoms with E-state index in [9.17, 15) is 4.79 Å². The molecule has 0 saturated carbocycles. The molecule has 0 saturated heterocycles. The number of amides is 1. The summed E-state index contributed by atoms with van der Waals surface area (Å²) in [5.41, 5.74) is 1.60. The second kappa shape index (κ2) is 6.55. The molecule has 6 nitrogen and oxygen atoms in total. The van der Waals surface area contributed by atoms with Crippen LogP contribution in [0.1, 0.15) is 20.9 Å². The smallest absolute Gasteiger partial charge is 0.257 e. The Hall–Kier alpha value is -2.12. The molecule has 1 aromatic heterocycles. The molecule has 0 atom stereocenters. The molecule has 7 heteroatoms. The molecule has 0 radical (unpaired) electrons. The van der Waals surface area contributed by atoms with Gasteiger partial charge in [0.1, 0.15) is 0 Å². The second-order valence-corrected chi connectivity index (χ2v) is 6.48. The summed E-state index contributed by atoms with van der Waals surface area (Å²) in [5.74, 6) is 0.919. The van der Waals surface area contributed by atoms with Crippen molar-refractivity contribution in [3.8, 4) is 11.5 Å². The van der Waals surface area contributed by atoms with Crippen LogP contribution < -0.4 is 14.8 Å². The van der Waals surface area contributed by atoms with Gasteiger partial charge in [0.05, 0.1) is 19.9 Å². The number of anilines is 1.